The van der Waals surface area contributed by atoms with Crippen LogP contribution in [0, 0.1) is 11.3 Å². The van der Waals surface area contributed by atoms with Crippen molar-refractivity contribution in [3.63, 3.8) is 0 Å². The molecule has 0 radical (unpaired) electrons. The van der Waals surface area contributed by atoms with E-state index in [1.807, 2.05) is 0 Å². The van der Waals surface area contributed by atoms with Crippen LogP contribution in [0.3, 0.4) is 0 Å². The number of hydrogen-bond donors (Lipinski definition) is 4. The number of nitriles is 1. The molecular weight excluding hydrogens is 416 g/mol. The Hall–Kier alpha value is -3.50. The highest BCUT2D eigenvalue weighted by Gasteiger charge is 2.28. The zero-order valence-corrected chi connectivity index (χ0v) is 18.5. The van der Waals surface area contributed by atoms with E-state index in [9.17, 15) is 9.90 Å². The highest BCUT2D eigenvalue weighted by atomic mass is 16.5. The second-order valence-corrected chi connectivity index (χ2v) is 8.92. The normalized spacial score (nSPS) is 20.1. The van der Waals surface area contributed by atoms with Gasteiger partial charge in [0.1, 0.15) is 11.5 Å². The minimum Gasteiger partial charge on any atom is -0.508 e. The lowest BCUT2D eigenvalue weighted by molar-refractivity contribution is -0.122. The van der Waals surface area contributed by atoms with Crippen molar-refractivity contribution in [3.8, 4) is 17.6 Å². The topological polar surface area (TPSA) is 106 Å². The summed E-state index contributed by atoms with van der Waals surface area (Å²) in [4.78, 5) is 13.1. The number of aromatic hydroxyl groups is 1. The molecule has 2 aromatic rings. The van der Waals surface area contributed by atoms with E-state index in [-0.39, 0.29) is 11.7 Å². The smallest absolute Gasteiger partial charge is 0.267 e. The lowest BCUT2D eigenvalue weighted by Gasteiger charge is -2.27. The van der Waals surface area contributed by atoms with Crippen molar-refractivity contribution in [2.75, 3.05) is 30.3 Å². The molecule has 2 aliphatic heterocycles. The lowest BCUT2D eigenvalue weighted by atomic mass is 9.90. The molecule has 33 heavy (non-hydrogen) atoms. The van der Waals surface area contributed by atoms with Gasteiger partial charge < -0.3 is 25.8 Å². The molecule has 1 unspecified atom stereocenters. The largest absolute Gasteiger partial charge is 0.508 e. The molecule has 3 aliphatic rings. The van der Waals surface area contributed by atoms with Crippen LogP contribution in [0.4, 0.5) is 11.4 Å². The molecule has 7 heteroatoms. The van der Waals surface area contributed by atoms with Gasteiger partial charge in [-0.2, -0.15) is 5.26 Å². The molecular formula is C26H28N4O3. The molecule has 7 nitrogen and oxygen atoms in total. The van der Waals surface area contributed by atoms with E-state index in [1.54, 1.807) is 24.3 Å². The van der Waals surface area contributed by atoms with Crippen molar-refractivity contribution in [2.45, 2.75) is 44.1 Å². The second kappa shape index (κ2) is 9.16. The molecule has 1 aliphatic carbocycles. The first-order valence-electron chi connectivity index (χ1n) is 11.6. The lowest BCUT2D eigenvalue weighted by Crippen LogP contribution is -2.41. The molecule has 1 atom stereocenters. The third-order valence-corrected chi connectivity index (χ3v) is 6.78. The minimum absolute atomic E-state index is 0.243. The Kier molecular flexibility index (Phi) is 5.93. The minimum atomic E-state index is -0.725. The fourth-order valence-corrected chi connectivity index (χ4v) is 5.00. The van der Waals surface area contributed by atoms with E-state index >= 15 is 0 Å². The van der Waals surface area contributed by atoms with Gasteiger partial charge in [0.25, 0.3) is 5.91 Å². The Balaban J connectivity index is 1.41. The SMILES string of the molecule is N#Cc1ccc2c(c1)NCC(C(=O)Nc1cc(O)c(C3CCCC3)cc1C1=CCNCC1)O2. The average Bonchev–Trinajstić information content (AvgIpc) is 3.38. The number of nitrogens with zero attached hydrogens (tertiary/aromatic N) is 1. The van der Waals surface area contributed by atoms with Crippen molar-refractivity contribution in [3.05, 3.63) is 53.1 Å². The molecule has 0 aromatic heterocycles. The van der Waals surface area contributed by atoms with Crippen molar-refractivity contribution >= 4 is 22.9 Å². The molecule has 5 rings (SSSR count). The van der Waals surface area contributed by atoms with Gasteiger partial charge in [0.15, 0.2) is 6.10 Å². The van der Waals surface area contributed by atoms with Gasteiger partial charge in [0.2, 0.25) is 0 Å². The quantitative estimate of drug-likeness (QED) is 0.566. The maximum Gasteiger partial charge on any atom is 0.267 e. The van der Waals surface area contributed by atoms with Crippen LogP contribution in [0.1, 0.15) is 54.7 Å². The molecule has 170 valence electrons. The Morgan fingerprint density at radius 1 is 1.21 bits per heavy atom. The average molecular weight is 445 g/mol. The first-order chi connectivity index (χ1) is 16.1. The summed E-state index contributed by atoms with van der Waals surface area (Å²) < 4.78 is 5.91. The van der Waals surface area contributed by atoms with Gasteiger partial charge in [-0.15, -0.1) is 0 Å². The molecule has 0 bridgehead atoms. The number of benzene rings is 2. The Labute approximate surface area is 193 Å². The molecule has 1 fully saturated rings. The summed E-state index contributed by atoms with van der Waals surface area (Å²) in [6.45, 7) is 1.97. The van der Waals surface area contributed by atoms with Gasteiger partial charge in [-0.3, -0.25) is 4.79 Å². The predicted molar refractivity (Wildman–Crippen MR) is 127 cm³/mol. The second-order valence-electron chi connectivity index (χ2n) is 8.92. The summed E-state index contributed by atoms with van der Waals surface area (Å²) in [5.41, 5.74) is 5.00. The van der Waals surface area contributed by atoms with Crippen molar-refractivity contribution in [2.24, 2.45) is 0 Å². The summed E-state index contributed by atoms with van der Waals surface area (Å²) in [7, 11) is 0. The summed E-state index contributed by atoms with van der Waals surface area (Å²) >= 11 is 0. The Morgan fingerprint density at radius 2 is 2.06 bits per heavy atom. The molecule has 0 saturated heterocycles. The monoisotopic (exact) mass is 444 g/mol. The van der Waals surface area contributed by atoms with E-state index in [2.05, 4.69) is 34.2 Å². The number of anilines is 2. The zero-order valence-electron chi connectivity index (χ0n) is 18.5. The first-order valence-corrected chi connectivity index (χ1v) is 11.6. The number of hydrogen-bond acceptors (Lipinski definition) is 6. The summed E-state index contributed by atoms with van der Waals surface area (Å²) in [5.74, 6) is 0.881. The summed E-state index contributed by atoms with van der Waals surface area (Å²) in [6.07, 6.45) is 6.86. The van der Waals surface area contributed by atoms with Gasteiger partial charge in [-0.25, -0.2) is 0 Å². The third-order valence-electron chi connectivity index (χ3n) is 6.78. The number of ether oxygens (including phenoxy) is 1. The number of nitrogens with one attached hydrogen (secondary N) is 3. The molecule has 1 amide bonds. The molecule has 0 spiro atoms. The number of amides is 1. The fraction of sp³-hybridized carbons (Fsp3) is 0.385. The number of fused-ring (bicyclic) bond motifs is 1. The number of carbonyl (C=O) groups excluding carboxylic acids is 1. The van der Waals surface area contributed by atoms with Gasteiger partial charge >= 0.3 is 0 Å². The van der Waals surface area contributed by atoms with Crippen LogP contribution < -0.4 is 20.7 Å². The Bertz CT molecular complexity index is 1140. The number of rotatable bonds is 4. The number of carbonyl (C=O) groups is 1. The number of phenolic OH excluding ortho intramolecular Hbond substituents is 1. The van der Waals surface area contributed by atoms with E-state index in [4.69, 9.17) is 10.00 Å². The van der Waals surface area contributed by atoms with Crippen LogP contribution in [-0.2, 0) is 4.79 Å². The van der Waals surface area contributed by atoms with Crippen LogP contribution in [0.15, 0.2) is 36.4 Å². The third kappa shape index (κ3) is 4.39. The van der Waals surface area contributed by atoms with Gasteiger partial charge in [0, 0.05) is 18.2 Å². The zero-order chi connectivity index (χ0) is 22.8. The van der Waals surface area contributed by atoms with Crippen LogP contribution in [-0.4, -0.2) is 36.8 Å². The van der Waals surface area contributed by atoms with Crippen molar-refractivity contribution < 1.29 is 14.6 Å². The first kappa shape index (κ1) is 21.4. The maximum absolute atomic E-state index is 13.1. The maximum atomic E-state index is 13.1. The summed E-state index contributed by atoms with van der Waals surface area (Å²) in [5, 5.41) is 29.4. The standard InChI is InChI=1S/C26H28N4O3/c27-14-16-5-6-24-22(11-16)29-15-25(33-24)26(32)30-21-13-23(31)20(17-3-1-2-4-17)12-19(21)18-7-9-28-10-8-18/h5-7,11-13,17,25,28-29,31H,1-4,8-10,15H2,(H,30,32). The molecule has 2 heterocycles. The van der Waals surface area contributed by atoms with Crippen LogP contribution >= 0.6 is 0 Å². The van der Waals surface area contributed by atoms with Crippen molar-refractivity contribution in [1.29, 1.82) is 5.26 Å². The molecule has 4 N–H and O–H groups in total. The highest BCUT2D eigenvalue weighted by Crippen LogP contribution is 2.42. The van der Waals surface area contributed by atoms with Gasteiger partial charge in [-0.05, 0) is 67.1 Å². The molecule has 1 saturated carbocycles. The van der Waals surface area contributed by atoms with Crippen molar-refractivity contribution in [1.82, 2.24) is 5.32 Å². The highest BCUT2D eigenvalue weighted by molar-refractivity contribution is 5.98. The van der Waals surface area contributed by atoms with Gasteiger partial charge in [0.05, 0.1) is 29.6 Å². The van der Waals surface area contributed by atoms with E-state index in [0.717, 1.165) is 43.5 Å². The van der Waals surface area contributed by atoms with Crippen LogP contribution in [0.5, 0.6) is 11.5 Å². The fourth-order valence-electron chi connectivity index (χ4n) is 5.00. The van der Waals surface area contributed by atoms with Gasteiger partial charge in [-0.1, -0.05) is 18.9 Å². The summed E-state index contributed by atoms with van der Waals surface area (Å²) in [6, 6.07) is 11.0. The van der Waals surface area contributed by atoms with E-state index < -0.39 is 6.10 Å². The van der Waals surface area contributed by atoms with E-state index in [1.165, 1.54) is 18.4 Å². The van der Waals surface area contributed by atoms with Crippen LogP contribution in [0.25, 0.3) is 5.57 Å². The molecule has 2 aromatic carbocycles. The number of phenols is 1. The predicted octanol–water partition coefficient (Wildman–Crippen LogP) is 4.11. The van der Waals surface area contributed by atoms with Crippen LogP contribution in [0.2, 0.25) is 0 Å². The van der Waals surface area contributed by atoms with E-state index in [0.29, 0.717) is 35.2 Å². The Morgan fingerprint density at radius 3 is 2.82 bits per heavy atom.